The van der Waals surface area contributed by atoms with Gasteiger partial charge in [0.05, 0.1) is 5.69 Å². The average molecular weight is 213 g/mol. The maximum absolute atomic E-state index is 11.7. The Balaban J connectivity index is 3.00. The maximum atomic E-state index is 11.7. The molecule has 0 aliphatic heterocycles. The van der Waals surface area contributed by atoms with E-state index in [1.807, 2.05) is 0 Å². The van der Waals surface area contributed by atoms with E-state index in [-0.39, 0.29) is 5.69 Å². The quantitative estimate of drug-likeness (QED) is 0.726. The van der Waals surface area contributed by atoms with Gasteiger partial charge in [-0.05, 0) is 6.07 Å². The fraction of sp³-hybridized carbons (Fsp3) is 0.167. The third kappa shape index (κ3) is 2.66. The number of anilines is 1. The summed E-state index contributed by atoms with van der Waals surface area (Å²) in [6, 6.07) is 1.16. The summed E-state index contributed by atoms with van der Waals surface area (Å²) in [5, 5.41) is -0.419. The second-order valence-corrected chi connectivity index (χ2v) is 2.43. The number of pyridine rings is 1. The Morgan fingerprint density at radius 1 is 1.46 bits per heavy atom. The molecule has 1 heterocycles. The van der Waals surface area contributed by atoms with Gasteiger partial charge in [-0.25, -0.2) is 4.98 Å². The van der Waals surface area contributed by atoms with E-state index in [9.17, 15) is 13.2 Å². The molecule has 72 valence electrons. The molecule has 1 aromatic heterocycles. The molecule has 2 N–H and O–H groups in total. The van der Waals surface area contributed by atoms with Crippen molar-refractivity contribution in [1.82, 2.24) is 4.98 Å². The number of ether oxygens (including phenoxy) is 1. The van der Waals surface area contributed by atoms with Crippen LogP contribution in [0.5, 0.6) is 5.75 Å². The second kappa shape index (κ2) is 3.29. The summed E-state index contributed by atoms with van der Waals surface area (Å²) < 4.78 is 38.8. The van der Waals surface area contributed by atoms with Gasteiger partial charge in [0.25, 0.3) is 0 Å². The van der Waals surface area contributed by atoms with Gasteiger partial charge in [-0.2, -0.15) is 0 Å². The topological polar surface area (TPSA) is 48.1 Å². The van der Waals surface area contributed by atoms with Crippen LogP contribution in [0.15, 0.2) is 12.3 Å². The van der Waals surface area contributed by atoms with Crippen molar-refractivity contribution in [2.45, 2.75) is 6.36 Å². The monoisotopic (exact) mass is 212 g/mol. The highest BCUT2D eigenvalue weighted by atomic mass is 35.5. The van der Waals surface area contributed by atoms with Crippen LogP contribution in [0.2, 0.25) is 5.15 Å². The lowest BCUT2D eigenvalue weighted by Crippen LogP contribution is -2.18. The second-order valence-electron chi connectivity index (χ2n) is 2.07. The smallest absolute Gasteiger partial charge is 0.400 e. The maximum Gasteiger partial charge on any atom is 0.573 e. The lowest BCUT2D eigenvalue weighted by molar-refractivity contribution is -0.274. The van der Waals surface area contributed by atoms with Crippen LogP contribution in [0.4, 0.5) is 18.9 Å². The largest absolute Gasteiger partial charge is 0.573 e. The lowest BCUT2D eigenvalue weighted by atomic mass is 10.4. The van der Waals surface area contributed by atoms with Crippen molar-refractivity contribution < 1.29 is 17.9 Å². The molecule has 1 aromatic rings. The highest BCUT2D eigenvalue weighted by molar-refractivity contribution is 6.31. The predicted octanol–water partition coefficient (Wildman–Crippen LogP) is 2.22. The van der Waals surface area contributed by atoms with Gasteiger partial charge < -0.3 is 10.5 Å². The van der Waals surface area contributed by atoms with Crippen LogP contribution in [0.1, 0.15) is 0 Å². The Kier molecular flexibility index (Phi) is 2.51. The molecule has 0 aliphatic rings. The molecule has 3 nitrogen and oxygen atoms in total. The van der Waals surface area contributed by atoms with Crippen molar-refractivity contribution in [2.75, 3.05) is 5.73 Å². The minimum absolute atomic E-state index is 0.211. The van der Waals surface area contributed by atoms with E-state index in [1.165, 1.54) is 6.20 Å². The van der Waals surface area contributed by atoms with Gasteiger partial charge in [-0.3, -0.25) is 0 Å². The van der Waals surface area contributed by atoms with Crippen LogP contribution in [0, 0.1) is 0 Å². The zero-order valence-corrected chi connectivity index (χ0v) is 6.86. The zero-order valence-electron chi connectivity index (χ0n) is 6.10. The Labute approximate surface area is 76.3 Å². The Hall–Kier alpha value is -1.17. The molecule has 0 bridgehead atoms. The molecule has 0 radical (unpaired) electrons. The van der Waals surface area contributed by atoms with Crippen molar-refractivity contribution in [1.29, 1.82) is 0 Å². The average Bonchev–Trinajstić information content (AvgIpc) is 1.95. The fourth-order valence-electron chi connectivity index (χ4n) is 0.653. The van der Waals surface area contributed by atoms with Crippen molar-refractivity contribution in [3.05, 3.63) is 17.4 Å². The molecular formula is C6H4ClF3N2O. The van der Waals surface area contributed by atoms with Crippen LogP contribution >= 0.6 is 11.6 Å². The number of aromatic nitrogens is 1. The van der Waals surface area contributed by atoms with Crippen molar-refractivity contribution in [3.63, 3.8) is 0 Å². The minimum atomic E-state index is -4.82. The zero-order chi connectivity index (χ0) is 10.1. The van der Waals surface area contributed by atoms with E-state index in [2.05, 4.69) is 9.72 Å². The predicted molar refractivity (Wildman–Crippen MR) is 40.3 cm³/mol. The van der Waals surface area contributed by atoms with Gasteiger partial charge in [0.1, 0.15) is 0 Å². The number of hydrogen-bond acceptors (Lipinski definition) is 3. The SMILES string of the molecule is Nc1ccnc(Cl)c1OC(F)(F)F. The van der Waals surface area contributed by atoms with Crippen LogP contribution in [0.3, 0.4) is 0 Å². The number of nitrogen functional groups attached to an aromatic ring is 1. The first-order valence-corrected chi connectivity index (χ1v) is 3.43. The third-order valence-electron chi connectivity index (χ3n) is 1.11. The molecule has 7 heteroatoms. The van der Waals surface area contributed by atoms with Crippen LogP contribution in [0.25, 0.3) is 0 Å². The Morgan fingerprint density at radius 2 is 2.08 bits per heavy atom. The normalized spacial score (nSPS) is 11.4. The van der Waals surface area contributed by atoms with E-state index in [4.69, 9.17) is 17.3 Å². The van der Waals surface area contributed by atoms with Gasteiger partial charge in [-0.15, -0.1) is 13.2 Å². The van der Waals surface area contributed by atoms with Crippen LogP contribution in [-0.4, -0.2) is 11.3 Å². The van der Waals surface area contributed by atoms with Gasteiger partial charge >= 0.3 is 6.36 Å². The summed E-state index contributed by atoms with van der Waals surface area (Å²) in [5.41, 5.74) is 4.97. The molecular weight excluding hydrogens is 209 g/mol. The third-order valence-corrected chi connectivity index (χ3v) is 1.38. The molecule has 0 fully saturated rings. The van der Waals surface area contributed by atoms with Crippen molar-refractivity contribution in [2.24, 2.45) is 0 Å². The van der Waals surface area contributed by atoms with E-state index in [0.29, 0.717) is 0 Å². The first kappa shape index (κ1) is 9.91. The summed E-state index contributed by atoms with van der Waals surface area (Å²) in [5.74, 6) is -0.670. The molecule has 0 saturated heterocycles. The van der Waals surface area contributed by atoms with Crippen molar-refractivity contribution >= 4 is 17.3 Å². The van der Waals surface area contributed by atoms with E-state index in [0.717, 1.165) is 6.07 Å². The van der Waals surface area contributed by atoms with E-state index in [1.54, 1.807) is 0 Å². The molecule has 0 unspecified atom stereocenters. The van der Waals surface area contributed by atoms with Gasteiger partial charge in [0.15, 0.2) is 10.9 Å². The molecule has 0 aromatic carbocycles. The highest BCUT2D eigenvalue weighted by Gasteiger charge is 2.33. The molecule has 13 heavy (non-hydrogen) atoms. The molecule has 0 atom stereocenters. The van der Waals surface area contributed by atoms with Crippen molar-refractivity contribution in [3.8, 4) is 5.75 Å². The first-order chi connectivity index (χ1) is 5.90. The Morgan fingerprint density at radius 3 is 2.54 bits per heavy atom. The molecule has 0 spiro atoms. The molecule has 0 aliphatic carbocycles. The summed E-state index contributed by atoms with van der Waals surface area (Å²) >= 11 is 5.32. The number of alkyl halides is 3. The van der Waals surface area contributed by atoms with E-state index >= 15 is 0 Å². The van der Waals surface area contributed by atoms with Crippen LogP contribution < -0.4 is 10.5 Å². The fourth-order valence-corrected chi connectivity index (χ4v) is 0.857. The molecule has 1 rings (SSSR count). The van der Waals surface area contributed by atoms with Crippen LogP contribution in [-0.2, 0) is 0 Å². The number of hydrogen-bond donors (Lipinski definition) is 1. The molecule has 0 amide bonds. The number of nitrogens with zero attached hydrogens (tertiary/aromatic N) is 1. The summed E-state index contributed by atoms with van der Waals surface area (Å²) in [6.45, 7) is 0. The number of halogens is 4. The highest BCUT2D eigenvalue weighted by Crippen LogP contribution is 2.33. The first-order valence-electron chi connectivity index (χ1n) is 3.06. The summed E-state index contributed by atoms with van der Waals surface area (Å²) in [4.78, 5) is 3.38. The van der Waals surface area contributed by atoms with Gasteiger partial charge in [0.2, 0.25) is 0 Å². The summed E-state index contributed by atoms with van der Waals surface area (Å²) in [6.07, 6.45) is -3.64. The molecule has 0 saturated carbocycles. The van der Waals surface area contributed by atoms with E-state index < -0.39 is 17.3 Å². The number of nitrogens with two attached hydrogens (primary N) is 1. The lowest BCUT2D eigenvalue weighted by Gasteiger charge is -2.11. The Bertz CT molecular complexity index is 295. The standard InChI is InChI=1S/C6H4ClF3N2O/c7-5-4(13-6(8,9)10)3(11)1-2-12-5/h1-2H,(H2,11,12). The van der Waals surface area contributed by atoms with Gasteiger partial charge in [-0.1, -0.05) is 11.6 Å². The number of rotatable bonds is 1. The van der Waals surface area contributed by atoms with Gasteiger partial charge in [0, 0.05) is 6.20 Å². The summed E-state index contributed by atoms with van der Waals surface area (Å²) in [7, 11) is 0. The minimum Gasteiger partial charge on any atom is -0.400 e.